The number of aromatic amines is 1. The maximum absolute atomic E-state index is 13.2. The molecule has 2 amide bonds. The topological polar surface area (TPSA) is 219 Å². The smallest absolute Gasteiger partial charge is 0.326 e. The first-order valence-corrected chi connectivity index (χ1v) is 14.2. The number of hydrogen-bond donors (Lipinski definition) is 6. The van der Waals surface area contributed by atoms with Gasteiger partial charge in [0.2, 0.25) is 5.91 Å². The Morgan fingerprint density at radius 2 is 1.70 bits per heavy atom. The zero-order valence-corrected chi connectivity index (χ0v) is 25.5. The van der Waals surface area contributed by atoms with Gasteiger partial charge in [-0.15, -0.1) is 6.42 Å². The molecular weight excluding hydrogens is 598 g/mol. The predicted octanol–water partition coefficient (Wildman–Crippen LogP) is 1.90. The molecule has 0 fully saturated rings. The van der Waals surface area contributed by atoms with Crippen LogP contribution in [0.4, 0.5) is 5.69 Å². The van der Waals surface area contributed by atoms with Crippen LogP contribution in [-0.2, 0) is 25.7 Å². The quantitative estimate of drug-likeness (QED) is 0.133. The van der Waals surface area contributed by atoms with E-state index in [4.69, 9.17) is 11.5 Å². The largest absolute Gasteiger partial charge is 0.481 e. The number of aromatic nitrogens is 2. The normalized spacial score (nSPS) is 12.4. The van der Waals surface area contributed by atoms with Gasteiger partial charge in [0.05, 0.1) is 22.9 Å². The van der Waals surface area contributed by atoms with E-state index in [2.05, 4.69) is 26.5 Å². The van der Waals surface area contributed by atoms with Gasteiger partial charge >= 0.3 is 17.9 Å². The van der Waals surface area contributed by atoms with Gasteiger partial charge < -0.3 is 35.8 Å². The molecule has 0 bridgehead atoms. The first-order valence-electron chi connectivity index (χ1n) is 14.2. The van der Waals surface area contributed by atoms with Crippen LogP contribution >= 0.6 is 0 Å². The average molecular weight is 634 g/mol. The van der Waals surface area contributed by atoms with Gasteiger partial charge in [0.15, 0.2) is 0 Å². The number of fused-ring (bicyclic) bond motifs is 1. The van der Waals surface area contributed by atoms with Crippen LogP contribution in [-0.4, -0.2) is 73.6 Å². The molecule has 6 N–H and O–H groups in total. The van der Waals surface area contributed by atoms with Crippen LogP contribution in [0.5, 0.6) is 0 Å². The molecule has 2 aromatic carbocycles. The molecule has 0 unspecified atom stereocenters. The summed E-state index contributed by atoms with van der Waals surface area (Å²) in [7, 11) is 0. The Bertz CT molecular complexity index is 1740. The molecule has 1 aromatic heterocycles. The molecule has 0 spiro atoms. The van der Waals surface area contributed by atoms with Gasteiger partial charge in [-0.3, -0.25) is 24.0 Å². The summed E-state index contributed by atoms with van der Waals surface area (Å²) in [5, 5.41) is 33.1. The molecule has 0 aliphatic rings. The van der Waals surface area contributed by atoms with E-state index < -0.39 is 60.1 Å². The standard InChI is InChI=1S/C32H35N5O9/c1-5-14-37(17-19-6-11-23-22(15-19)28(41)34-18(2)33-23)21-9-7-20(8-10-21)27(40)36-25(16-32(3,4)31(45)46)29(42)35-24(30(43)44)12-13-26(38)39/h1,6-11,15,24-25H,12-14,16-17H2,2-4H3,(H,35,42)(H,36,40)(H,38,39)(H,43,44)(H,45,46)(H,33,34,41)/t24-,25-/m0/s1. The number of nitrogens with one attached hydrogen (secondary N) is 3. The lowest BCUT2D eigenvalue weighted by Crippen LogP contribution is -2.53. The Labute approximate surface area is 263 Å². The summed E-state index contributed by atoms with van der Waals surface area (Å²) in [4.78, 5) is 81.9. The Balaban J connectivity index is 1.81. The number of rotatable bonds is 15. The van der Waals surface area contributed by atoms with Crippen molar-refractivity contribution in [2.75, 3.05) is 11.4 Å². The molecule has 3 rings (SSSR count). The van der Waals surface area contributed by atoms with Gasteiger partial charge in [-0.25, -0.2) is 9.78 Å². The van der Waals surface area contributed by atoms with Gasteiger partial charge in [0.1, 0.15) is 17.9 Å². The van der Waals surface area contributed by atoms with Crippen LogP contribution < -0.4 is 21.1 Å². The lowest BCUT2D eigenvalue weighted by atomic mass is 9.85. The number of amides is 2. The van der Waals surface area contributed by atoms with E-state index in [1.807, 2.05) is 11.0 Å². The third-order valence-corrected chi connectivity index (χ3v) is 7.22. The molecule has 1 heterocycles. The molecule has 0 saturated carbocycles. The van der Waals surface area contributed by atoms with Crippen molar-refractivity contribution in [3.63, 3.8) is 0 Å². The molecule has 0 saturated heterocycles. The SMILES string of the molecule is C#CCN(Cc1ccc2nc(C)[nH]c(=O)c2c1)c1ccc(C(=O)N[C@@H](CC(C)(C)C(=O)O)C(=O)N[C@@H](CCC(=O)O)C(=O)O)cc1. The fourth-order valence-electron chi connectivity index (χ4n) is 4.64. The number of H-pyrrole nitrogens is 1. The molecular formula is C32H35N5O9. The highest BCUT2D eigenvalue weighted by Crippen LogP contribution is 2.24. The summed E-state index contributed by atoms with van der Waals surface area (Å²) in [6.45, 7) is 4.92. The number of hydrogen-bond acceptors (Lipinski definition) is 8. The molecule has 3 aromatic rings. The lowest BCUT2D eigenvalue weighted by molar-refractivity contribution is -0.149. The Morgan fingerprint density at radius 3 is 2.28 bits per heavy atom. The fourth-order valence-corrected chi connectivity index (χ4v) is 4.64. The van der Waals surface area contributed by atoms with E-state index in [0.717, 1.165) is 5.56 Å². The van der Waals surface area contributed by atoms with Crippen LogP contribution in [0.3, 0.4) is 0 Å². The van der Waals surface area contributed by atoms with Crippen molar-refractivity contribution < 1.29 is 39.3 Å². The molecule has 0 aliphatic heterocycles. The van der Waals surface area contributed by atoms with Crippen molar-refractivity contribution in [1.29, 1.82) is 0 Å². The van der Waals surface area contributed by atoms with Crippen molar-refractivity contribution in [2.24, 2.45) is 5.41 Å². The summed E-state index contributed by atoms with van der Waals surface area (Å²) in [5.41, 5.74) is 0.363. The fraction of sp³-hybridized carbons (Fsp3) is 0.344. The third-order valence-electron chi connectivity index (χ3n) is 7.22. The van der Waals surface area contributed by atoms with Gasteiger partial charge in [0, 0.05) is 24.2 Å². The van der Waals surface area contributed by atoms with Crippen molar-refractivity contribution in [2.45, 2.75) is 58.7 Å². The van der Waals surface area contributed by atoms with E-state index >= 15 is 0 Å². The first-order chi connectivity index (χ1) is 21.6. The Morgan fingerprint density at radius 1 is 1.02 bits per heavy atom. The number of carboxylic acid groups (broad SMARTS) is 3. The number of nitrogens with zero attached hydrogens (tertiary/aromatic N) is 2. The number of aliphatic carboxylic acids is 3. The molecule has 0 aliphatic carbocycles. The van der Waals surface area contributed by atoms with Crippen molar-refractivity contribution in [3.8, 4) is 12.3 Å². The molecule has 0 radical (unpaired) electrons. The number of carbonyl (C=O) groups excluding carboxylic acids is 2. The highest BCUT2D eigenvalue weighted by molar-refractivity contribution is 5.98. The highest BCUT2D eigenvalue weighted by atomic mass is 16.4. The molecule has 242 valence electrons. The molecule has 14 heteroatoms. The van der Waals surface area contributed by atoms with Crippen LogP contribution in [0.15, 0.2) is 47.3 Å². The zero-order valence-electron chi connectivity index (χ0n) is 25.5. The monoisotopic (exact) mass is 633 g/mol. The van der Waals surface area contributed by atoms with Crippen molar-refractivity contribution >= 4 is 46.3 Å². The Hall–Kier alpha value is -5.71. The van der Waals surface area contributed by atoms with Crippen LogP contribution in [0.1, 0.15) is 54.9 Å². The van der Waals surface area contributed by atoms with Crippen molar-refractivity contribution in [3.05, 3.63) is 69.8 Å². The van der Waals surface area contributed by atoms with Gasteiger partial charge in [-0.2, -0.15) is 0 Å². The van der Waals surface area contributed by atoms with E-state index in [1.165, 1.54) is 26.0 Å². The second-order valence-electron chi connectivity index (χ2n) is 11.4. The van der Waals surface area contributed by atoms with Gasteiger partial charge in [0.25, 0.3) is 11.5 Å². The first kappa shape index (κ1) is 34.8. The third kappa shape index (κ3) is 9.15. The minimum atomic E-state index is -1.57. The number of terminal acetylenes is 1. The maximum Gasteiger partial charge on any atom is 0.326 e. The maximum atomic E-state index is 13.2. The number of aryl methyl sites for hydroxylation is 1. The average Bonchev–Trinajstić information content (AvgIpc) is 2.98. The number of anilines is 1. The van der Waals surface area contributed by atoms with Gasteiger partial charge in [-0.1, -0.05) is 12.0 Å². The summed E-state index contributed by atoms with van der Waals surface area (Å²) in [5.74, 6) is -2.61. The van der Waals surface area contributed by atoms with Crippen LogP contribution in [0.2, 0.25) is 0 Å². The van der Waals surface area contributed by atoms with E-state index in [1.54, 1.807) is 31.2 Å². The molecule has 46 heavy (non-hydrogen) atoms. The van der Waals surface area contributed by atoms with Gasteiger partial charge in [-0.05, 0) is 75.6 Å². The summed E-state index contributed by atoms with van der Waals surface area (Å²) in [6.07, 6.45) is 4.27. The van der Waals surface area contributed by atoms with E-state index in [0.29, 0.717) is 29.0 Å². The minimum Gasteiger partial charge on any atom is -0.481 e. The highest BCUT2D eigenvalue weighted by Gasteiger charge is 2.36. The molecule has 14 nitrogen and oxygen atoms in total. The Kier molecular flexibility index (Phi) is 11.2. The number of benzene rings is 2. The summed E-state index contributed by atoms with van der Waals surface area (Å²) >= 11 is 0. The van der Waals surface area contributed by atoms with Crippen LogP contribution in [0.25, 0.3) is 10.9 Å². The predicted molar refractivity (Wildman–Crippen MR) is 167 cm³/mol. The van der Waals surface area contributed by atoms with E-state index in [-0.39, 0.29) is 24.1 Å². The zero-order chi connectivity index (χ0) is 34.2. The van der Waals surface area contributed by atoms with E-state index in [9.17, 15) is 39.0 Å². The van der Waals surface area contributed by atoms with Crippen LogP contribution in [0, 0.1) is 24.7 Å². The minimum absolute atomic E-state index is 0.120. The second kappa shape index (κ2) is 14.8. The molecule has 2 atom stereocenters. The summed E-state index contributed by atoms with van der Waals surface area (Å²) < 4.78 is 0. The van der Waals surface area contributed by atoms with Crippen molar-refractivity contribution in [1.82, 2.24) is 20.6 Å². The number of carbonyl (C=O) groups is 5. The summed E-state index contributed by atoms with van der Waals surface area (Å²) in [6, 6.07) is 8.51. The number of carboxylic acids is 3. The second-order valence-corrected chi connectivity index (χ2v) is 11.4. The lowest BCUT2D eigenvalue weighted by Gasteiger charge is -2.27.